The zero-order valence-corrected chi connectivity index (χ0v) is 12.8. The van der Waals surface area contributed by atoms with E-state index in [0.717, 1.165) is 12.8 Å². The molecule has 0 saturated heterocycles. The second-order valence-electron chi connectivity index (χ2n) is 4.60. The quantitative estimate of drug-likeness (QED) is 0.538. The van der Waals surface area contributed by atoms with Crippen LogP contribution in [0, 0.1) is 0 Å². The molecule has 0 saturated carbocycles. The van der Waals surface area contributed by atoms with Crippen molar-refractivity contribution in [2.75, 3.05) is 11.5 Å². The van der Waals surface area contributed by atoms with Crippen LogP contribution in [0.25, 0.3) is 0 Å². The van der Waals surface area contributed by atoms with Crippen LogP contribution in [0.15, 0.2) is 0 Å². The summed E-state index contributed by atoms with van der Waals surface area (Å²) in [6, 6.07) is -1.25. The molecule has 0 aromatic carbocycles. The monoisotopic (exact) mass is 306 g/mol. The molecule has 0 aromatic heterocycles. The molecule has 0 radical (unpaired) electrons. The molecule has 3 N–H and O–H groups in total. The zero-order chi connectivity index (χ0) is 15.7. The van der Waals surface area contributed by atoms with Gasteiger partial charge in [0.15, 0.2) is 0 Å². The first-order valence-corrected chi connectivity index (χ1v) is 7.89. The van der Waals surface area contributed by atoms with Gasteiger partial charge < -0.3 is 15.7 Å². The molecule has 0 aromatic rings. The Morgan fingerprint density at radius 2 is 1.85 bits per heavy atom. The number of hydrogen-bond donors (Lipinski definition) is 3. The minimum atomic E-state index is -1.65. The van der Waals surface area contributed by atoms with Crippen molar-refractivity contribution in [1.29, 1.82) is 0 Å². The fourth-order valence-corrected chi connectivity index (χ4v) is 2.72. The molecule has 0 aliphatic heterocycles. The average molecular weight is 306 g/mol. The number of rotatable bonds is 9. The second-order valence-corrected chi connectivity index (χ2v) is 6.10. The van der Waals surface area contributed by atoms with Crippen LogP contribution in [-0.2, 0) is 25.2 Å². The molecular weight excluding hydrogens is 284 g/mol. The van der Waals surface area contributed by atoms with Crippen LogP contribution >= 0.6 is 0 Å². The van der Waals surface area contributed by atoms with Gasteiger partial charge in [0.05, 0.1) is 5.75 Å². The summed E-state index contributed by atoms with van der Waals surface area (Å²) >= 11 is 0. The molecule has 2 amide bonds. The minimum Gasteiger partial charge on any atom is -0.480 e. The van der Waals surface area contributed by atoms with Crippen molar-refractivity contribution in [3.63, 3.8) is 0 Å². The largest absolute Gasteiger partial charge is 0.480 e. The molecule has 0 spiro atoms. The summed E-state index contributed by atoms with van der Waals surface area (Å²) in [5, 5.41) is 13.7. The number of carbonyl (C=O) groups excluding carboxylic acids is 2. The standard InChI is InChI=1S/C12H22N2O5S/c1-4-5-8(2)13-11(16)7-20(19)6-10(12(17)18)14-9(3)15/h8,10H,4-7H2,1-3H3,(H,13,16)(H,14,15)(H,17,18)/t8?,10-,20?/m0/s1. The summed E-state index contributed by atoms with van der Waals surface area (Å²) in [4.78, 5) is 33.3. The lowest BCUT2D eigenvalue weighted by Crippen LogP contribution is -2.45. The van der Waals surface area contributed by atoms with Crippen LogP contribution in [0.3, 0.4) is 0 Å². The SMILES string of the molecule is CCCC(C)NC(=O)CS(=O)C[C@H](NC(C)=O)C(=O)O. The molecule has 0 heterocycles. The first kappa shape index (κ1) is 18.6. The van der Waals surface area contributed by atoms with Crippen LogP contribution in [0.1, 0.15) is 33.6 Å². The topological polar surface area (TPSA) is 113 Å². The first-order valence-electron chi connectivity index (χ1n) is 6.40. The van der Waals surface area contributed by atoms with E-state index in [1.165, 1.54) is 6.92 Å². The average Bonchev–Trinajstić information content (AvgIpc) is 2.26. The van der Waals surface area contributed by atoms with Gasteiger partial charge in [0, 0.05) is 23.8 Å². The Morgan fingerprint density at radius 1 is 1.25 bits per heavy atom. The molecule has 8 heteroatoms. The Kier molecular flexibility index (Phi) is 8.78. The first-order chi connectivity index (χ1) is 9.26. The van der Waals surface area contributed by atoms with Crippen LogP contribution in [0.5, 0.6) is 0 Å². The minimum absolute atomic E-state index is 0.00452. The smallest absolute Gasteiger partial charge is 0.327 e. The van der Waals surface area contributed by atoms with Crippen molar-refractivity contribution in [3.8, 4) is 0 Å². The van der Waals surface area contributed by atoms with E-state index >= 15 is 0 Å². The van der Waals surface area contributed by atoms with E-state index < -0.39 is 28.7 Å². The Labute approximate surface area is 121 Å². The van der Waals surface area contributed by atoms with Crippen LogP contribution in [0.2, 0.25) is 0 Å². The Morgan fingerprint density at radius 3 is 2.30 bits per heavy atom. The van der Waals surface area contributed by atoms with E-state index in [4.69, 9.17) is 5.11 Å². The molecule has 2 unspecified atom stereocenters. The number of amides is 2. The summed E-state index contributed by atoms with van der Waals surface area (Å²) in [5.41, 5.74) is 0. The molecule has 0 aliphatic carbocycles. The van der Waals surface area contributed by atoms with Crippen molar-refractivity contribution >= 4 is 28.6 Å². The van der Waals surface area contributed by atoms with Crippen molar-refractivity contribution in [2.45, 2.75) is 45.7 Å². The highest BCUT2D eigenvalue weighted by Gasteiger charge is 2.22. The van der Waals surface area contributed by atoms with Gasteiger partial charge in [-0.3, -0.25) is 13.8 Å². The maximum atomic E-state index is 11.7. The summed E-state index contributed by atoms with van der Waals surface area (Å²) < 4.78 is 11.7. The van der Waals surface area contributed by atoms with Crippen molar-refractivity contribution in [1.82, 2.24) is 10.6 Å². The van der Waals surface area contributed by atoms with Gasteiger partial charge in [-0.05, 0) is 13.3 Å². The number of carboxylic acid groups (broad SMARTS) is 1. The van der Waals surface area contributed by atoms with Crippen LogP contribution in [0.4, 0.5) is 0 Å². The van der Waals surface area contributed by atoms with E-state index in [9.17, 15) is 18.6 Å². The Balaban J connectivity index is 4.28. The third-order valence-electron chi connectivity index (χ3n) is 2.45. The molecule has 116 valence electrons. The van der Waals surface area contributed by atoms with E-state index in [-0.39, 0.29) is 23.5 Å². The lowest BCUT2D eigenvalue weighted by Gasteiger charge is -2.14. The number of carbonyl (C=O) groups is 3. The molecule has 20 heavy (non-hydrogen) atoms. The molecule has 0 fully saturated rings. The predicted molar refractivity (Wildman–Crippen MR) is 75.6 cm³/mol. The van der Waals surface area contributed by atoms with Gasteiger partial charge >= 0.3 is 5.97 Å². The molecule has 0 aliphatic rings. The van der Waals surface area contributed by atoms with Gasteiger partial charge in [-0.25, -0.2) is 4.79 Å². The van der Waals surface area contributed by atoms with Gasteiger partial charge in [-0.1, -0.05) is 13.3 Å². The van der Waals surface area contributed by atoms with Gasteiger partial charge in [0.25, 0.3) is 0 Å². The number of nitrogens with one attached hydrogen (secondary N) is 2. The fourth-order valence-electron chi connectivity index (χ4n) is 1.63. The van der Waals surface area contributed by atoms with Crippen molar-refractivity contribution in [2.24, 2.45) is 0 Å². The Hall–Kier alpha value is -1.44. The van der Waals surface area contributed by atoms with Gasteiger partial charge in [0.1, 0.15) is 11.8 Å². The molecule has 0 rings (SSSR count). The third-order valence-corrected chi connectivity index (χ3v) is 3.74. The van der Waals surface area contributed by atoms with E-state index in [1.54, 1.807) is 0 Å². The summed E-state index contributed by atoms with van der Waals surface area (Å²) in [7, 11) is -1.65. The summed E-state index contributed by atoms with van der Waals surface area (Å²) in [6.45, 7) is 5.02. The predicted octanol–water partition coefficient (Wildman–Crippen LogP) is -0.371. The summed E-state index contributed by atoms with van der Waals surface area (Å²) in [6.07, 6.45) is 1.75. The number of hydrogen-bond acceptors (Lipinski definition) is 4. The highest BCUT2D eigenvalue weighted by molar-refractivity contribution is 7.85. The second kappa shape index (κ2) is 9.46. The van der Waals surface area contributed by atoms with Crippen LogP contribution < -0.4 is 10.6 Å². The fraction of sp³-hybridized carbons (Fsp3) is 0.750. The number of aliphatic carboxylic acids is 1. The lowest BCUT2D eigenvalue weighted by atomic mass is 10.2. The Bertz CT molecular complexity index is 386. The summed E-state index contributed by atoms with van der Waals surface area (Å²) in [5.74, 6) is -2.72. The van der Waals surface area contributed by atoms with E-state index in [2.05, 4.69) is 10.6 Å². The van der Waals surface area contributed by atoms with Gasteiger partial charge in [-0.2, -0.15) is 0 Å². The highest BCUT2D eigenvalue weighted by atomic mass is 32.2. The van der Waals surface area contributed by atoms with Crippen molar-refractivity contribution < 1.29 is 23.7 Å². The van der Waals surface area contributed by atoms with E-state index in [0.29, 0.717) is 0 Å². The highest BCUT2D eigenvalue weighted by Crippen LogP contribution is 1.96. The maximum absolute atomic E-state index is 11.7. The van der Waals surface area contributed by atoms with Crippen LogP contribution in [-0.4, -0.2) is 50.7 Å². The zero-order valence-electron chi connectivity index (χ0n) is 12.0. The molecule has 0 bridgehead atoms. The third kappa shape index (κ3) is 8.63. The van der Waals surface area contributed by atoms with Crippen molar-refractivity contribution in [3.05, 3.63) is 0 Å². The van der Waals surface area contributed by atoms with Gasteiger partial charge in [-0.15, -0.1) is 0 Å². The molecule has 7 nitrogen and oxygen atoms in total. The normalized spacial score (nSPS) is 14.9. The lowest BCUT2D eigenvalue weighted by molar-refractivity contribution is -0.140. The molecule has 3 atom stereocenters. The van der Waals surface area contributed by atoms with Gasteiger partial charge in [0.2, 0.25) is 11.8 Å². The number of carboxylic acids is 1. The van der Waals surface area contributed by atoms with E-state index in [1.807, 2.05) is 13.8 Å². The maximum Gasteiger partial charge on any atom is 0.327 e. The molecular formula is C12H22N2O5S.